The summed E-state index contributed by atoms with van der Waals surface area (Å²) in [5.74, 6) is 1.78. The molecule has 1 aliphatic heterocycles. The van der Waals surface area contributed by atoms with Crippen molar-refractivity contribution in [2.24, 2.45) is 4.99 Å². The van der Waals surface area contributed by atoms with Gasteiger partial charge in [0.1, 0.15) is 4.34 Å². The van der Waals surface area contributed by atoms with Gasteiger partial charge < -0.3 is 20.5 Å². The van der Waals surface area contributed by atoms with Crippen LogP contribution in [0.1, 0.15) is 20.3 Å². The molecule has 1 atom stereocenters. The highest BCUT2D eigenvalue weighted by atomic mass is 32.2. The number of nitrogens with one attached hydrogen (secondary N) is 2. The van der Waals surface area contributed by atoms with E-state index in [0.717, 1.165) is 61.9 Å². The number of morpholine rings is 1. The molecular weight excluding hydrogens is 370 g/mol. The van der Waals surface area contributed by atoms with Gasteiger partial charge in [-0.25, -0.2) is 4.98 Å². The molecule has 26 heavy (non-hydrogen) atoms. The molecule has 148 valence electrons. The number of ether oxygens (including phenoxy) is 1. The first kappa shape index (κ1) is 21.4. The smallest absolute Gasteiger partial charge is 0.191 e. The van der Waals surface area contributed by atoms with Gasteiger partial charge in [-0.3, -0.25) is 9.89 Å². The van der Waals surface area contributed by atoms with Crippen LogP contribution in [0.25, 0.3) is 0 Å². The van der Waals surface area contributed by atoms with Gasteiger partial charge >= 0.3 is 0 Å². The van der Waals surface area contributed by atoms with E-state index in [0.29, 0.717) is 13.1 Å². The van der Waals surface area contributed by atoms with E-state index < -0.39 is 5.60 Å². The van der Waals surface area contributed by atoms with Crippen LogP contribution < -0.4 is 10.6 Å². The number of thioether (sulfide) groups is 1. The Morgan fingerprint density at radius 3 is 2.96 bits per heavy atom. The molecule has 0 aliphatic carbocycles. The molecule has 2 heterocycles. The summed E-state index contributed by atoms with van der Waals surface area (Å²) in [5.41, 5.74) is -0.847. The number of aromatic nitrogens is 1. The summed E-state index contributed by atoms with van der Waals surface area (Å²) in [5, 5.41) is 19.2. The van der Waals surface area contributed by atoms with Gasteiger partial charge in [-0.15, -0.1) is 11.3 Å². The fourth-order valence-electron chi connectivity index (χ4n) is 2.60. The van der Waals surface area contributed by atoms with Crippen molar-refractivity contribution in [2.75, 3.05) is 58.2 Å². The summed E-state index contributed by atoms with van der Waals surface area (Å²) in [4.78, 5) is 11.1. The van der Waals surface area contributed by atoms with Crippen molar-refractivity contribution >= 4 is 29.1 Å². The van der Waals surface area contributed by atoms with Crippen LogP contribution >= 0.6 is 23.1 Å². The van der Waals surface area contributed by atoms with E-state index in [1.54, 1.807) is 23.1 Å². The Morgan fingerprint density at radius 2 is 2.27 bits per heavy atom. The minimum atomic E-state index is -0.847. The predicted octanol–water partition coefficient (Wildman–Crippen LogP) is 1.26. The normalized spacial score (nSPS) is 18.5. The van der Waals surface area contributed by atoms with Crippen LogP contribution in [0, 0.1) is 0 Å². The molecule has 2 rings (SSSR count). The number of rotatable bonds is 10. The second-order valence-electron chi connectivity index (χ2n) is 6.51. The van der Waals surface area contributed by atoms with Crippen molar-refractivity contribution in [3.63, 3.8) is 0 Å². The van der Waals surface area contributed by atoms with Gasteiger partial charge in [0.25, 0.3) is 0 Å². The van der Waals surface area contributed by atoms with Crippen molar-refractivity contribution < 1.29 is 9.84 Å². The van der Waals surface area contributed by atoms with Gasteiger partial charge in [-0.05, 0) is 20.3 Å². The van der Waals surface area contributed by atoms with Crippen LogP contribution in [0.5, 0.6) is 0 Å². The first-order valence-electron chi connectivity index (χ1n) is 9.16. The van der Waals surface area contributed by atoms with Crippen molar-refractivity contribution in [3.8, 4) is 0 Å². The number of nitrogens with zero attached hydrogens (tertiary/aromatic N) is 3. The topological polar surface area (TPSA) is 82.0 Å². The van der Waals surface area contributed by atoms with Crippen molar-refractivity contribution in [1.29, 1.82) is 0 Å². The number of β-amino-alcohol motifs (C(OH)–C–C–N with tert-alkyl or cyclic N) is 1. The van der Waals surface area contributed by atoms with Gasteiger partial charge in [-0.1, -0.05) is 11.8 Å². The van der Waals surface area contributed by atoms with Crippen LogP contribution in [0.15, 0.2) is 20.9 Å². The minimum Gasteiger partial charge on any atom is -0.387 e. The third-order valence-corrected chi connectivity index (χ3v) is 5.89. The summed E-state index contributed by atoms with van der Waals surface area (Å²) in [6, 6.07) is 0. The molecule has 0 spiro atoms. The van der Waals surface area contributed by atoms with E-state index in [2.05, 4.69) is 25.5 Å². The number of hydrogen-bond acceptors (Lipinski definition) is 7. The largest absolute Gasteiger partial charge is 0.387 e. The third kappa shape index (κ3) is 8.68. The first-order valence-corrected chi connectivity index (χ1v) is 11.0. The predicted molar refractivity (Wildman–Crippen MR) is 109 cm³/mol. The zero-order chi connectivity index (χ0) is 18.7. The first-order chi connectivity index (χ1) is 12.6. The third-order valence-electron chi connectivity index (χ3n) is 3.84. The number of aliphatic hydroxyl groups is 1. The van der Waals surface area contributed by atoms with Gasteiger partial charge in [0.05, 0.1) is 25.4 Å². The molecule has 0 bridgehead atoms. The lowest BCUT2D eigenvalue weighted by atomic mass is 10.1. The van der Waals surface area contributed by atoms with Crippen LogP contribution in [0.2, 0.25) is 0 Å². The molecule has 0 radical (unpaired) electrons. The summed E-state index contributed by atoms with van der Waals surface area (Å²) in [6.07, 6.45) is 2.86. The second-order valence-corrected chi connectivity index (χ2v) is 8.74. The highest BCUT2D eigenvalue weighted by Crippen LogP contribution is 2.20. The van der Waals surface area contributed by atoms with E-state index in [1.807, 2.05) is 25.4 Å². The molecule has 3 N–H and O–H groups in total. The van der Waals surface area contributed by atoms with Crippen molar-refractivity contribution in [3.05, 3.63) is 11.6 Å². The number of guanidine groups is 1. The van der Waals surface area contributed by atoms with Crippen LogP contribution in [-0.4, -0.2) is 84.8 Å². The highest BCUT2D eigenvalue weighted by molar-refractivity contribution is 8.00. The van der Waals surface area contributed by atoms with Crippen LogP contribution in [0.3, 0.4) is 0 Å². The molecule has 9 heteroatoms. The monoisotopic (exact) mass is 401 g/mol. The number of thiazole rings is 1. The number of aliphatic imine (C=N–C) groups is 1. The van der Waals surface area contributed by atoms with Crippen molar-refractivity contribution in [1.82, 2.24) is 20.5 Å². The Balaban J connectivity index is 1.69. The van der Waals surface area contributed by atoms with Crippen LogP contribution in [0.4, 0.5) is 0 Å². The lowest BCUT2D eigenvalue weighted by Crippen LogP contribution is -2.48. The van der Waals surface area contributed by atoms with E-state index in [-0.39, 0.29) is 0 Å². The fourth-order valence-corrected chi connectivity index (χ4v) is 4.25. The zero-order valence-corrected chi connectivity index (χ0v) is 17.4. The van der Waals surface area contributed by atoms with Gasteiger partial charge in [0, 0.05) is 50.1 Å². The lowest BCUT2D eigenvalue weighted by Gasteiger charge is -2.33. The molecule has 1 aromatic heterocycles. The molecule has 1 unspecified atom stereocenters. The average Bonchev–Trinajstić information content (AvgIpc) is 3.13. The van der Waals surface area contributed by atoms with E-state index >= 15 is 0 Å². The molecule has 1 fully saturated rings. The second kappa shape index (κ2) is 11.8. The quantitative estimate of drug-likeness (QED) is 0.236. The van der Waals surface area contributed by atoms with E-state index in [9.17, 15) is 5.11 Å². The maximum Gasteiger partial charge on any atom is 0.191 e. The standard InChI is InChI=1S/C17H31N5O2S2/c1-3-18-15(19-5-4-11-25-16-20-6-12-26-16)21-13-17(2,23)14-22-7-9-24-10-8-22/h6,12,23H,3-5,7-11,13-14H2,1-2H3,(H2,18,19,21). The van der Waals surface area contributed by atoms with Crippen molar-refractivity contribution in [2.45, 2.75) is 30.2 Å². The summed E-state index contributed by atoms with van der Waals surface area (Å²) in [7, 11) is 0. The van der Waals surface area contributed by atoms with Gasteiger partial charge in [0.2, 0.25) is 0 Å². The summed E-state index contributed by atoms with van der Waals surface area (Å²) < 4.78 is 6.47. The average molecular weight is 402 g/mol. The molecule has 0 saturated carbocycles. The molecule has 0 amide bonds. The molecular formula is C17H31N5O2S2. The molecule has 7 nitrogen and oxygen atoms in total. The highest BCUT2D eigenvalue weighted by Gasteiger charge is 2.25. The van der Waals surface area contributed by atoms with Gasteiger partial charge in [-0.2, -0.15) is 0 Å². The molecule has 1 aromatic rings. The minimum absolute atomic E-state index is 0.369. The molecule has 0 aromatic carbocycles. The summed E-state index contributed by atoms with van der Waals surface area (Å²) >= 11 is 3.46. The summed E-state index contributed by atoms with van der Waals surface area (Å²) in [6.45, 7) is 9.73. The Morgan fingerprint density at radius 1 is 1.46 bits per heavy atom. The number of hydrogen-bond donors (Lipinski definition) is 3. The molecule has 1 aliphatic rings. The zero-order valence-electron chi connectivity index (χ0n) is 15.7. The van der Waals surface area contributed by atoms with Crippen LogP contribution in [-0.2, 0) is 4.74 Å². The fraction of sp³-hybridized carbons (Fsp3) is 0.765. The Bertz CT molecular complexity index is 519. The van der Waals surface area contributed by atoms with Gasteiger partial charge in [0.15, 0.2) is 5.96 Å². The Hall–Kier alpha value is -0.870. The maximum atomic E-state index is 10.6. The Labute approximate surface area is 164 Å². The Kier molecular flexibility index (Phi) is 9.69. The maximum absolute atomic E-state index is 10.6. The SMILES string of the molecule is CCNC(=NCC(C)(O)CN1CCOCC1)NCCCSc1nccs1. The lowest BCUT2D eigenvalue weighted by molar-refractivity contribution is -0.0179. The van der Waals surface area contributed by atoms with E-state index in [4.69, 9.17) is 4.74 Å². The molecule has 1 saturated heterocycles. The van der Waals surface area contributed by atoms with E-state index in [1.165, 1.54) is 0 Å².